The number of nitrogens with zero attached hydrogens (tertiary/aromatic N) is 1. The van der Waals surface area contributed by atoms with Crippen molar-refractivity contribution in [1.29, 1.82) is 0 Å². The summed E-state index contributed by atoms with van der Waals surface area (Å²) < 4.78 is 0. The molecule has 5 heteroatoms. The van der Waals surface area contributed by atoms with E-state index in [1.165, 1.54) is 0 Å². The van der Waals surface area contributed by atoms with E-state index < -0.39 is 11.9 Å². The van der Waals surface area contributed by atoms with Crippen molar-refractivity contribution < 1.29 is 19.5 Å². The molecule has 0 aromatic heterocycles. The number of likely N-dealkylation sites (tertiary alicyclic amines) is 1. The van der Waals surface area contributed by atoms with Gasteiger partial charge in [0.15, 0.2) is 0 Å². The molecule has 1 saturated heterocycles. The predicted octanol–water partition coefficient (Wildman–Crippen LogP) is 1.27. The first-order chi connectivity index (χ1) is 8.01. The zero-order valence-electron chi connectivity index (χ0n) is 10.3. The summed E-state index contributed by atoms with van der Waals surface area (Å²) in [6, 6.07) is 0. The standard InChI is InChI=1S/C12H19NO4/c1-3-8(4-2)11(15)13-7-9(12(16)17)5-6-10(13)14/h8-9H,3-7H2,1-2H3,(H,16,17). The molecule has 0 aromatic rings. The summed E-state index contributed by atoms with van der Waals surface area (Å²) >= 11 is 0. The van der Waals surface area contributed by atoms with E-state index in [0.717, 1.165) is 4.90 Å². The normalized spacial score (nSPS) is 20.8. The number of carboxylic acid groups (broad SMARTS) is 1. The van der Waals surface area contributed by atoms with Crippen LogP contribution in [0.3, 0.4) is 0 Å². The lowest BCUT2D eigenvalue weighted by atomic mass is 9.94. The summed E-state index contributed by atoms with van der Waals surface area (Å²) in [7, 11) is 0. The highest BCUT2D eigenvalue weighted by molar-refractivity contribution is 5.97. The van der Waals surface area contributed by atoms with Crippen molar-refractivity contribution in [3.8, 4) is 0 Å². The van der Waals surface area contributed by atoms with Gasteiger partial charge in [-0.05, 0) is 19.3 Å². The number of hydrogen-bond acceptors (Lipinski definition) is 3. The molecule has 0 aliphatic carbocycles. The van der Waals surface area contributed by atoms with Crippen molar-refractivity contribution >= 4 is 17.8 Å². The third-order valence-electron chi connectivity index (χ3n) is 3.36. The van der Waals surface area contributed by atoms with Crippen LogP contribution in [-0.4, -0.2) is 34.3 Å². The topological polar surface area (TPSA) is 74.7 Å². The van der Waals surface area contributed by atoms with E-state index in [2.05, 4.69) is 0 Å². The van der Waals surface area contributed by atoms with Gasteiger partial charge in [-0.2, -0.15) is 0 Å². The lowest BCUT2D eigenvalue weighted by Gasteiger charge is -2.31. The van der Waals surface area contributed by atoms with E-state index in [1.807, 2.05) is 13.8 Å². The Morgan fingerprint density at radius 2 is 2.00 bits per heavy atom. The number of carbonyl (C=O) groups is 3. The summed E-state index contributed by atoms with van der Waals surface area (Å²) in [4.78, 5) is 35.7. The maximum absolute atomic E-state index is 12.1. The second-order valence-corrected chi connectivity index (χ2v) is 4.43. The maximum Gasteiger partial charge on any atom is 0.308 e. The van der Waals surface area contributed by atoms with Crippen LogP contribution in [0.5, 0.6) is 0 Å². The van der Waals surface area contributed by atoms with Gasteiger partial charge in [0.05, 0.1) is 5.92 Å². The predicted molar refractivity (Wildman–Crippen MR) is 61.2 cm³/mol. The number of carboxylic acids is 1. The van der Waals surface area contributed by atoms with Gasteiger partial charge < -0.3 is 5.11 Å². The molecule has 1 unspecified atom stereocenters. The number of imide groups is 1. The van der Waals surface area contributed by atoms with E-state index in [9.17, 15) is 14.4 Å². The Bertz CT molecular complexity index is 322. The SMILES string of the molecule is CCC(CC)C(=O)N1CC(C(=O)O)CCC1=O. The lowest BCUT2D eigenvalue weighted by Crippen LogP contribution is -2.48. The van der Waals surface area contributed by atoms with Crippen molar-refractivity contribution in [2.45, 2.75) is 39.5 Å². The average Bonchev–Trinajstić information content (AvgIpc) is 2.30. The number of hydrogen-bond donors (Lipinski definition) is 1. The summed E-state index contributed by atoms with van der Waals surface area (Å²) in [5.41, 5.74) is 0. The Hall–Kier alpha value is -1.39. The van der Waals surface area contributed by atoms with Gasteiger partial charge in [0.1, 0.15) is 0 Å². The van der Waals surface area contributed by atoms with Gasteiger partial charge in [0.25, 0.3) is 0 Å². The molecule has 1 N–H and O–H groups in total. The highest BCUT2D eigenvalue weighted by atomic mass is 16.4. The van der Waals surface area contributed by atoms with Crippen molar-refractivity contribution in [2.24, 2.45) is 11.8 Å². The fourth-order valence-electron chi connectivity index (χ4n) is 2.12. The molecule has 0 saturated carbocycles. The van der Waals surface area contributed by atoms with E-state index in [0.29, 0.717) is 19.3 Å². The Morgan fingerprint density at radius 3 is 2.47 bits per heavy atom. The third kappa shape index (κ3) is 3.05. The Kier molecular flexibility index (Phi) is 4.66. The minimum Gasteiger partial charge on any atom is -0.481 e. The molecule has 1 fully saturated rings. The van der Waals surface area contributed by atoms with Crippen LogP contribution in [0, 0.1) is 11.8 Å². The first kappa shape index (κ1) is 13.7. The van der Waals surface area contributed by atoms with Crippen LogP contribution in [0.15, 0.2) is 0 Å². The molecule has 1 heterocycles. The number of aliphatic carboxylic acids is 1. The highest BCUT2D eigenvalue weighted by Crippen LogP contribution is 2.21. The second-order valence-electron chi connectivity index (χ2n) is 4.43. The molecular weight excluding hydrogens is 222 g/mol. The van der Waals surface area contributed by atoms with Crippen LogP contribution < -0.4 is 0 Å². The van der Waals surface area contributed by atoms with Crippen LogP contribution in [0.4, 0.5) is 0 Å². The zero-order chi connectivity index (χ0) is 13.0. The van der Waals surface area contributed by atoms with Crippen molar-refractivity contribution in [3.05, 3.63) is 0 Å². The summed E-state index contributed by atoms with van der Waals surface area (Å²) in [6.45, 7) is 3.83. The third-order valence-corrected chi connectivity index (χ3v) is 3.36. The lowest BCUT2D eigenvalue weighted by molar-refractivity contribution is -0.154. The molecule has 1 aliphatic rings. The van der Waals surface area contributed by atoms with Crippen LogP contribution >= 0.6 is 0 Å². The Labute approximate surface area is 101 Å². The largest absolute Gasteiger partial charge is 0.481 e. The van der Waals surface area contributed by atoms with Crippen LogP contribution in [0.1, 0.15) is 39.5 Å². The van der Waals surface area contributed by atoms with Gasteiger partial charge in [0.2, 0.25) is 11.8 Å². The van der Waals surface area contributed by atoms with Crippen molar-refractivity contribution in [2.75, 3.05) is 6.54 Å². The van der Waals surface area contributed by atoms with Gasteiger partial charge >= 0.3 is 5.97 Å². The maximum atomic E-state index is 12.1. The second kappa shape index (κ2) is 5.80. The van der Waals surface area contributed by atoms with Gasteiger partial charge in [-0.3, -0.25) is 19.3 Å². The molecule has 0 aromatic carbocycles. The van der Waals surface area contributed by atoms with Crippen LogP contribution in [0.2, 0.25) is 0 Å². The van der Waals surface area contributed by atoms with Gasteiger partial charge in [-0.15, -0.1) is 0 Å². The molecule has 2 amide bonds. The summed E-state index contributed by atoms with van der Waals surface area (Å²) in [5, 5.41) is 8.93. The zero-order valence-corrected chi connectivity index (χ0v) is 10.3. The molecule has 5 nitrogen and oxygen atoms in total. The highest BCUT2D eigenvalue weighted by Gasteiger charge is 2.35. The molecule has 0 spiro atoms. The average molecular weight is 241 g/mol. The molecule has 1 aliphatic heterocycles. The van der Waals surface area contributed by atoms with Crippen molar-refractivity contribution in [1.82, 2.24) is 4.90 Å². The number of carbonyl (C=O) groups excluding carboxylic acids is 2. The molecule has 0 radical (unpaired) electrons. The molecule has 96 valence electrons. The number of amides is 2. The van der Waals surface area contributed by atoms with E-state index in [4.69, 9.17) is 5.11 Å². The summed E-state index contributed by atoms with van der Waals surface area (Å²) in [5.74, 6) is -2.16. The van der Waals surface area contributed by atoms with E-state index in [-0.39, 0.29) is 30.7 Å². The minimum atomic E-state index is -0.931. The van der Waals surface area contributed by atoms with E-state index in [1.54, 1.807) is 0 Å². The van der Waals surface area contributed by atoms with Gasteiger partial charge in [-0.1, -0.05) is 13.8 Å². The first-order valence-electron chi connectivity index (χ1n) is 6.08. The van der Waals surface area contributed by atoms with E-state index >= 15 is 0 Å². The quantitative estimate of drug-likeness (QED) is 0.804. The molecule has 1 atom stereocenters. The molecular formula is C12H19NO4. The van der Waals surface area contributed by atoms with Gasteiger partial charge in [0, 0.05) is 18.9 Å². The minimum absolute atomic E-state index is 0.0312. The fourth-order valence-corrected chi connectivity index (χ4v) is 2.12. The first-order valence-corrected chi connectivity index (χ1v) is 6.08. The number of rotatable bonds is 4. The van der Waals surface area contributed by atoms with Crippen LogP contribution in [-0.2, 0) is 14.4 Å². The van der Waals surface area contributed by atoms with Crippen LogP contribution in [0.25, 0.3) is 0 Å². The Morgan fingerprint density at radius 1 is 1.41 bits per heavy atom. The molecule has 17 heavy (non-hydrogen) atoms. The fraction of sp³-hybridized carbons (Fsp3) is 0.750. The molecule has 0 bridgehead atoms. The Balaban J connectivity index is 2.76. The monoisotopic (exact) mass is 241 g/mol. The number of piperidine rings is 1. The molecule has 1 rings (SSSR count). The van der Waals surface area contributed by atoms with Crippen molar-refractivity contribution in [3.63, 3.8) is 0 Å². The van der Waals surface area contributed by atoms with Gasteiger partial charge in [-0.25, -0.2) is 0 Å². The summed E-state index contributed by atoms with van der Waals surface area (Å²) in [6.07, 6.45) is 1.84. The smallest absolute Gasteiger partial charge is 0.308 e.